The second-order valence-corrected chi connectivity index (χ2v) is 8.95. The third-order valence-corrected chi connectivity index (χ3v) is 6.72. The molecule has 1 fully saturated rings. The van der Waals surface area contributed by atoms with Gasteiger partial charge in [0.25, 0.3) is 0 Å². The number of pyridine rings is 1. The molecule has 1 unspecified atom stereocenters. The van der Waals surface area contributed by atoms with Crippen LogP contribution in [-0.2, 0) is 0 Å². The summed E-state index contributed by atoms with van der Waals surface area (Å²) in [5.74, 6) is 2.52. The summed E-state index contributed by atoms with van der Waals surface area (Å²) >= 11 is 0. The van der Waals surface area contributed by atoms with E-state index < -0.39 is 0 Å². The number of nitrogens with zero attached hydrogens (tertiary/aromatic N) is 3. The van der Waals surface area contributed by atoms with Crippen LogP contribution in [0.3, 0.4) is 0 Å². The van der Waals surface area contributed by atoms with E-state index >= 15 is 0 Å². The first-order valence-corrected chi connectivity index (χ1v) is 11.6. The first kappa shape index (κ1) is 23.7. The van der Waals surface area contributed by atoms with Gasteiger partial charge >= 0.3 is 0 Å². The Morgan fingerprint density at radius 1 is 1.12 bits per heavy atom. The topological polar surface area (TPSA) is 79.6 Å². The standard InChI is InChI=1S/C27H32N4O3/c1-17-6-7-21(32-4)12-23(17)30-27-20(15-28)16-29-24-14-26(25(33-5)13-22(24)27)34-18(2)19-8-10-31(3)11-9-19/h6-7,12-14,16,18-19H,8-11H2,1-5H3,(H,29,30). The van der Waals surface area contributed by atoms with E-state index in [4.69, 9.17) is 14.2 Å². The van der Waals surface area contributed by atoms with Crippen LogP contribution in [0.15, 0.2) is 36.5 Å². The number of aromatic nitrogens is 1. The summed E-state index contributed by atoms with van der Waals surface area (Å²) in [5, 5.41) is 14.0. The Bertz CT molecular complexity index is 1210. The number of anilines is 2. The predicted molar refractivity (Wildman–Crippen MR) is 134 cm³/mol. The molecule has 0 spiro atoms. The lowest BCUT2D eigenvalue weighted by molar-refractivity contribution is 0.0953. The molecule has 178 valence electrons. The van der Waals surface area contributed by atoms with Crippen molar-refractivity contribution >= 4 is 22.3 Å². The molecule has 1 aliphatic heterocycles. The van der Waals surface area contributed by atoms with Crippen LogP contribution in [0, 0.1) is 24.2 Å². The Morgan fingerprint density at radius 3 is 2.56 bits per heavy atom. The highest BCUT2D eigenvalue weighted by Crippen LogP contribution is 2.39. The number of likely N-dealkylation sites (tertiary alicyclic amines) is 1. The van der Waals surface area contributed by atoms with Crippen LogP contribution in [0.25, 0.3) is 10.9 Å². The molecule has 0 bridgehead atoms. The van der Waals surface area contributed by atoms with E-state index in [-0.39, 0.29) is 6.10 Å². The molecule has 2 heterocycles. The lowest BCUT2D eigenvalue weighted by Gasteiger charge is -2.33. The van der Waals surface area contributed by atoms with Crippen molar-refractivity contribution in [3.05, 3.63) is 47.7 Å². The van der Waals surface area contributed by atoms with Gasteiger partial charge in [0, 0.05) is 29.4 Å². The molecule has 0 saturated carbocycles. The summed E-state index contributed by atoms with van der Waals surface area (Å²) in [6.45, 7) is 6.31. The number of ether oxygens (including phenoxy) is 3. The Balaban J connectivity index is 1.71. The number of rotatable bonds is 7. The molecule has 0 amide bonds. The van der Waals surface area contributed by atoms with Crippen LogP contribution >= 0.6 is 0 Å². The number of nitrogens with one attached hydrogen (secondary N) is 1. The normalized spacial score (nSPS) is 15.5. The number of methoxy groups -OCH3 is 2. The van der Waals surface area contributed by atoms with Gasteiger partial charge in [0.2, 0.25) is 0 Å². The smallest absolute Gasteiger partial charge is 0.163 e. The van der Waals surface area contributed by atoms with Gasteiger partial charge < -0.3 is 24.4 Å². The van der Waals surface area contributed by atoms with Gasteiger partial charge in [0.15, 0.2) is 11.5 Å². The number of fused-ring (bicyclic) bond motifs is 1. The van der Waals surface area contributed by atoms with E-state index in [9.17, 15) is 5.26 Å². The lowest BCUT2D eigenvalue weighted by Crippen LogP contribution is -2.36. The van der Waals surface area contributed by atoms with E-state index in [0.29, 0.717) is 28.7 Å². The Labute approximate surface area is 201 Å². The maximum atomic E-state index is 9.77. The summed E-state index contributed by atoms with van der Waals surface area (Å²) < 4.78 is 17.5. The van der Waals surface area contributed by atoms with Crippen LogP contribution in [-0.4, -0.2) is 50.3 Å². The molecule has 7 nitrogen and oxygen atoms in total. The third-order valence-electron chi connectivity index (χ3n) is 6.72. The highest BCUT2D eigenvalue weighted by molar-refractivity contribution is 5.97. The zero-order chi connectivity index (χ0) is 24.2. The predicted octanol–water partition coefficient (Wildman–Crippen LogP) is 5.28. The third kappa shape index (κ3) is 4.87. The monoisotopic (exact) mass is 460 g/mol. The van der Waals surface area contributed by atoms with Crippen LogP contribution < -0.4 is 19.5 Å². The molecule has 4 rings (SSSR count). The first-order valence-electron chi connectivity index (χ1n) is 11.6. The van der Waals surface area contributed by atoms with Gasteiger partial charge in [-0.1, -0.05) is 6.07 Å². The summed E-state index contributed by atoms with van der Waals surface area (Å²) in [7, 11) is 5.43. The van der Waals surface area contributed by atoms with Crippen molar-refractivity contribution in [3.8, 4) is 23.3 Å². The summed E-state index contributed by atoms with van der Waals surface area (Å²) in [5.41, 5.74) is 3.75. The molecule has 1 saturated heterocycles. The van der Waals surface area contributed by atoms with Crippen molar-refractivity contribution < 1.29 is 14.2 Å². The second-order valence-electron chi connectivity index (χ2n) is 8.95. The molecule has 3 aromatic rings. The summed E-state index contributed by atoms with van der Waals surface area (Å²) in [4.78, 5) is 6.90. The van der Waals surface area contributed by atoms with Crippen LogP contribution in [0.1, 0.15) is 30.9 Å². The van der Waals surface area contributed by atoms with Gasteiger partial charge in [-0.05, 0) is 70.4 Å². The summed E-state index contributed by atoms with van der Waals surface area (Å²) in [6, 6.07) is 11.9. The first-order chi connectivity index (χ1) is 16.4. The Kier molecular flexibility index (Phi) is 7.09. The van der Waals surface area contributed by atoms with Gasteiger partial charge in [-0.2, -0.15) is 5.26 Å². The minimum absolute atomic E-state index is 0.0652. The number of benzene rings is 2. The number of aryl methyl sites for hydroxylation is 1. The van der Waals surface area contributed by atoms with Crippen molar-refractivity contribution in [2.24, 2.45) is 5.92 Å². The molecule has 34 heavy (non-hydrogen) atoms. The van der Waals surface area contributed by atoms with Crippen molar-refractivity contribution in [2.45, 2.75) is 32.8 Å². The fourth-order valence-electron chi connectivity index (χ4n) is 4.46. The molecule has 1 aliphatic rings. The molecule has 1 atom stereocenters. The van der Waals surface area contributed by atoms with Gasteiger partial charge in [0.1, 0.15) is 11.8 Å². The van der Waals surface area contributed by atoms with Crippen LogP contribution in [0.5, 0.6) is 17.2 Å². The number of hydrogen-bond donors (Lipinski definition) is 1. The largest absolute Gasteiger partial charge is 0.497 e. The van der Waals surface area contributed by atoms with Gasteiger partial charge in [-0.3, -0.25) is 4.98 Å². The average molecular weight is 461 g/mol. The molecular weight excluding hydrogens is 428 g/mol. The van der Waals surface area contributed by atoms with E-state index in [2.05, 4.69) is 35.2 Å². The van der Waals surface area contributed by atoms with E-state index in [0.717, 1.165) is 53.8 Å². The fraction of sp³-hybridized carbons (Fsp3) is 0.407. The number of hydrogen-bond acceptors (Lipinski definition) is 7. The zero-order valence-corrected chi connectivity index (χ0v) is 20.5. The van der Waals surface area contributed by atoms with Crippen molar-refractivity contribution in [1.29, 1.82) is 5.26 Å². The van der Waals surface area contributed by atoms with Gasteiger partial charge in [-0.25, -0.2) is 0 Å². The minimum atomic E-state index is 0.0652. The maximum absolute atomic E-state index is 9.77. The zero-order valence-electron chi connectivity index (χ0n) is 20.5. The van der Waals surface area contributed by atoms with Gasteiger partial charge in [0.05, 0.1) is 37.1 Å². The quantitative estimate of drug-likeness (QED) is 0.513. The minimum Gasteiger partial charge on any atom is -0.497 e. The molecule has 0 aliphatic carbocycles. The maximum Gasteiger partial charge on any atom is 0.163 e. The van der Waals surface area contributed by atoms with Crippen LogP contribution in [0.4, 0.5) is 11.4 Å². The number of piperidine rings is 1. The lowest BCUT2D eigenvalue weighted by atomic mass is 9.92. The highest BCUT2D eigenvalue weighted by Gasteiger charge is 2.25. The molecule has 1 aromatic heterocycles. The molecule has 7 heteroatoms. The molecule has 1 N–H and O–H groups in total. The summed E-state index contributed by atoms with van der Waals surface area (Å²) in [6.07, 6.45) is 3.89. The second kappa shape index (κ2) is 10.2. The Morgan fingerprint density at radius 2 is 1.88 bits per heavy atom. The fourth-order valence-corrected chi connectivity index (χ4v) is 4.46. The van der Waals surface area contributed by atoms with Gasteiger partial charge in [-0.15, -0.1) is 0 Å². The number of nitriles is 1. The SMILES string of the molecule is COc1ccc(C)c(Nc2c(C#N)cnc3cc(OC(C)C4CCN(C)CC4)c(OC)cc23)c1. The van der Waals surface area contributed by atoms with Crippen molar-refractivity contribution in [3.63, 3.8) is 0 Å². The Hall–Kier alpha value is -3.50. The van der Waals surface area contributed by atoms with Crippen molar-refractivity contribution in [1.82, 2.24) is 9.88 Å². The van der Waals surface area contributed by atoms with E-state index in [1.54, 1.807) is 20.4 Å². The average Bonchev–Trinajstić information content (AvgIpc) is 2.85. The molecular formula is C27H32N4O3. The highest BCUT2D eigenvalue weighted by atomic mass is 16.5. The molecule has 0 radical (unpaired) electrons. The van der Waals surface area contributed by atoms with Crippen LogP contribution in [0.2, 0.25) is 0 Å². The van der Waals surface area contributed by atoms with E-state index in [1.165, 1.54) is 0 Å². The van der Waals surface area contributed by atoms with Crippen molar-refractivity contribution in [2.75, 3.05) is 39.7 Å². The van der Waals surface area contributed by atoms with E-state index in [1.807, 2.05) is 37.3 Å². The molecule has 2 aromatic carbocycles.